The molecule has 2 aromatic carbocycles. The molecule has 1 fully saturated rings. The topological polar surface area (TPSA) is 69.7 Å². The minimum absolute atomic E-state index is 0.0899. The number of piperazine rings is 1. The van der Waals surface area contributed by atoms with E-state index in [0.717, 1.165) is 18.2 Å². The summed E-state index contributed by atoms with van der Waals surface area (Å²) in [5.41, 5.74) is -0.282. The fourth-order valence-electron chi connectivity index (χ4n) is 3.26. The highest BCUT2D eigenvalue weighted by molar-refractivity contribution is 7.89. The van der Waals surface area contributed by atoms with E-state index in [1.54, 1.807) is 11.0 Å². The largest absolute Gasteiger partial charge is 0.416 e. The number of anilines is 1. The van der Waals surface area contributed by atoms with Crippen molar-refractivity contribution in [3.8, 4) is 0 Å². The molecule has 1 amide bonds. The maximum absolute atomic E-state index is 13.2. The Balaban J connectivity index is 1.52. The lowest BCUT2D eigenvalue weighted by Gasteiger charge is -2.35. The molecule has 11 heteroatoms. The number of nitrogens with one attached hydrogen (secondary N) is 1. The van der Waals surface area contributed by atoms with Crippen molar-refractivity contribution < 1.29 is 30.8 Å². The van der Waals surface area contributed by atoms with Gasteiger partial charge in [0.15, 0.2) is 0 Å². The first kappa shape index (κ1) is 23.0. The number of hydrogen-bond acceptors (Lipinski definition) is 4. The van der Waals surface area contributed by atoms with Crippen LogP contribution in [0.5, 0.6) is 0 Å². The molecule has 6 nitrogen and oxygen atoms in total. The number of rotatable bonds is 6. The molecule has 31 heavy (non-hydrogen) atoms. The summed E-state index contributed by atoms with van der Waals surface area (Å²) in [6.45, 7) is 0.588. The molecule has 168 valence electrons. The van der Waals surface area contributed by atoms with Gasteiger partial charge in [0.05, 0.1) is 11.3 Å². The number of sulfonamides is 1. The third kappa shape index (κ3) is 5.95. The average Bonchev–Trinajstić information content (AvgIpc) is 2.73. The van der Waals surface area contributed by atoms with Crippen molar-refractivity contribution in [2.75, 3.05) is 43.4 Å². The third-order valence-electron chi connectivity index (χ3n) is 4.90. The first-order chi connectivity index (χ1) is 14.6. The molecule has 0 aliphatic carbocycles. The Labute approximate surface area is 177 Å². The number of halogens is 4. The summed E-state index contributed by atoms with van der Waals surface area (Å²) >= 11 is 0. The summed E-state index contributed by atoms with van der Waals surface area (Å²) in [5.74, 6) is -1.49. The summed E-state index contributed by atoms with van der Waals surface area (Å²) in [7, 11) is -3.67. The second-order valence-corrected chi connectivity index (χ2v) is 9.10. The highest BCUT2D eigenvalue weighted by Gasteiger charge is 2.32. The Hall–Kier alpha value is -2.66. The molecule has 0 spiro atoms. The van der Waals surface area contributed by atoms with E-state index in [-0.39, 0.29) is 44.0 Å². The van der Waals surface area contributed by atoms with Crippen LogP contribution in [0.3, 0.4) is 0 Å². The lowest BCUT2D eigenvalue weighted by molar-refractivity contribution is -0.137. The van der Waals surface area contributed by atoms with Crippen LogP contribution in [0.25, 0.3) is 0 Å². The molecular formula is C20H21F4N3O3S. The van der Waals surface area contributed by atoms with Gasteiger partial charge in [-0.15, -0.1) is 0 Å². The molecule has 0 bridgehead atoms. The molecule has 0 saturated carbocycles. The zero-order valence-corrected chi connectivity index (χ0v) is 17.2. The minimum Gasteiger partial charge on any atom is -0.369 e. The van der Waals surface area contributed by atoms with Gasteiger partial charge in [0.1, 0.15) is 5.82 Å². The predicted molar refractivity (Wildman–Crippen MR) is 108 cm³/mol. The molecule has 0 unspecified atom stereocenters. The number of carbonyl (C=O) groups is 1. The summed E-state index contributed by atoms with van der Waals surface area (Å²) < 4.78 is 78.2. The molecule has 3 rings (SSSR count). The van der Waals surface area contributed by atoms with Crippen LogP contribution < -0.4 is 10.2 Å². The Bertz CT molecular complexity index is 1040. The van der Waals surface area contributed by atoms with Crippen LogP contribution in [-0.2, 0) is 16.2 Å². The summed E-state index contributed by atoms with van der Waals surface area (Å²) in [6.07, 6.45) is -4.45. The van der Waals surface area contributed by atoms with E-state index in [1.165, 1.54) is 28.6 Å². The second-order valence-electron chi connectivity index (χ2n) is 7.02. The van der Waals surface area contributed by atoms with Gasteiger partial charge in [-0.05, 0) is 36.4 Å². The van der Waals surface area contributed by atoms with E-state index in [4.69, 9.17) is 0 Å². The molecule has 1 aliphatic heterocycles. The molecule has 1 saturated heterocycles. The van der Waals surface area contributed by atoms with Gasteiger partial charge in [-0.25, -0.2) is 12.8 Å². The van der Waals surface area contributed by atoms with Crippen molar-refractivity contribution in [2.45, 2.75) is 6.18 Å². The maximum atomic E-state index is 13.2. The van der Waals surface area contributed by atoms with E-state index < -0.39 is 33.5 Å². The van der Waals surface area contributed by atoms with Gasteiger partial charge in [-0.2, -0.15) is 17.5 Å². The zero-order valence-electron chi connectivity index (χ0n) is 16.4. The highest BCUT2D eigenvalue weighted by Crippen LogP contribution is 2.32. The second kappa shape index (κ2) is 9.23. The lowest BCUT2D eigenvalue weighted by atomic mass is 10.1. The van der Waals surface area contributed by atoms with Crippen molar-refractivity contribution in [2.24, 2.45) is 0 Å². The van der Waals surface area contributed by atoms with Crippen molar-refractivity contribution in [1.29, 1.82) is 0 Å². The molecule has 0 atom stereocenters. The Kier molecular flexibility index (Phi) is 6.85. The van der Waals surface area contributed by atoms with Crippen LogP contribution in [0.4, 0.5) is 23.2 Å². The lowest BCUT2D eigenvalue weighted by Crippen LogP contribution is -2.50. The fourth-order valence-corrected chi connectivity index (χ4v) is 4.60. The standard InChI is InChI=1S/C20H21F4N3O3S/c21-17-5-1-3-15(13-17)19(28)25-7-12-31(29,30)27-10-8-26(9-11-27)18-6-2-4-16(14-18)20(22,23)24/h1-6,13-14H,7-12H2,(H,25,28). The monoisotopic (exact) mass is 459 g/mol. The first-order valence-corrected chi connectivity index (χ1v) is 11.1. The predicted octanol–water partition coefficient (Wildman–Crippen LogP) is 2.73. The van der Waals surface area contributed by atoms with Crippen molar-refractivity contribution >= 4 is 21.6 Å². The maximum Gasteiger partial charge on any atom is 0.416 e. The SMILES string of the molecule is O=C(NCCS(=O)(=O)N1CCN(c2cccc(C(F)(F)F)c2)CC1)c1cccc(F)c1. The van der Waals surface area contributed by atoms with E-state index >= 15 is 0 Å². The average molecular weight is 459 g/mol. The quantitative estimate of drug-likeness (QED) is 0.675. The fraction of sp³-hybridized carbons (Fsp3) is 0.350. The van der Waals surface area contributed by atoms with Crippen LogP contribution in [0.2, 0.25) is 0 Å². The Morgan fingerprint density at radius 3 is 2.32 bits per heavy atom. The molecule has 0 aromatic heterocycles. The van der Waals surface area contributed by atoms with Gasteiger partial charge in [-0.3, -0.25) is 4.79 Å². The van der Waals surface area contributed by atoms with E-state index in [9.17, 15) is 30.8 Å². The highest BCUT2D eigenvalue weighted by atomic mass is 32.2. The van der Waals surface area contributed by atoms with Crippen LogP contribution in [0, 0.1) is 5.82 Å². The van der Waals surface area contributed by atoms with Gasteiger partial charge in [-0.1, -0.05) is 12.1 Å². The summed E-state index contributed by atoms with van der Waals surface area (Å²) in [4.78, 5) is 13.7. The van der Waals surface area contributed by atoms with Gasteiger partial charge in [0.2, 0.25) is 10.0 Å². The zero-order chi connectivity index (χ0) is 22.6. The van der Waals surface area contributed by atoms with Crippen molar-refractivity contribution in [3.63, 3.8) is 0 Å². The number of nitrogens with zero attached hydrogens (tertiary/aromatic N) is 2. The van der Waals surface area contributed by atoms with Crippen LogP contribution in [0.15, 0.2) is 48.5 Å². The Morgan fingerprint density at radius 2 is 1.68 bits per heavy atom. The first-order valence-electron chi connectivity index (χ1n) is 9.50. The van der Waals surface area contributed by atoms with Gasteiger partial charge in [0, 0.05) is 44.0 Å². The Morgan fingerprint density at radius 1 is 1.00 bits per heavy atom. The molecule has 1 aliphatic rings. The van der Waals surface area contributed by atoms with Crippen molar-refractivity contribution in [1.82, 2.24) is 9.62 Å². The third-order valence-corrected chi connectivity index (χ3v) is 6.78. The van der Waals surface area contributed by atoms with Crippen LogP contribution in [-0.4, -0.2) is 57.1 Å². The van der Waals surface area contributed by atoms with Gasteiger partial charge in [0.25, 0.3) is 5.91 Å². The molecule has 1 N–H and O–H groups in total. The number of hydrogen-bond donors (Lipinski definition) is 1. The number of alkyl halides is 3. The molecular weight excluding hydrogens is 438 g/mol. The van der Waals surface area contributed by atoms with Crippen LogP contribution in [0.1, 0.15) is 15.9 Å². The summed E-state index contributed by atoms with van der Waals surface area (Å²) in [5, 5.41) is 2.45. The van der Waals surface area contributed by atoms with E-state index in [2.05, 4.69) is 5.32 Å². The number of carbonyl (C=O) groups excluding carboxylic acids is 1. The molecule has 0 radical (unpaired) electrons. The van der Waals surface area contributed by atoms with Gasteiger partial charge < -0.3 is 10.2 Å². The molecule has 1 heterocycles. The smallest absolute Gasteiger partial charge is 0.369 e. The normalized spacial score (nSPS) is 15.7. The van der Waals surface area contributed by atoms with Crippen molar-refractivity contribution in [3.05, 3.63) is 65.5 Å². The minimum atomic E-state index is -4.45. The van der Waals surface area contributed by atoms with Crippen LogP contribution >= 0.6 is 0 Å². The van der Waals surface area contributed by atoms with E-state index in [1.807, 2.05) is 0 Å². The van der Waals surface area contributed by atoms with E-state index in [0.29, 0.717) is 5.69 Å². The summed E-state index contributed by atoms with van der Waals surface area (Å²) in [6, 6.07) is 9.96. The molecule has 2 aromatic rings. The number of benzene rings is 2. The van der Waals surface area contributed by atoms with Gasteiger partial charge >= 0.3 is 6.18 Å². The number of amides is 1.